The van der Waals surface area contributed by atoms with E-state index in [4.69, 9.17) is 0 Å². The molecule has 2 heterocycles. The van der Waals surface area contributed by atoms with E-state index in [9.17, 15) is 0 Å². The third-order valence-corrected chi connectivity index (χ3v) is 12.4. The lowest BCUT2D eigenvalue weighted by Gasteiger charge is -2.36. The van der Waals surface area contributed by atoms with Crippen LogP contribution in [0.1, 0.15) is 22.3 Å². The molecule has 0 saturated carbocycles. The average molecular weight is 671 g/mol. The lowest BCUT2D eigenvalue weighted by molar-refractivity contribution is 0.793. The van der Waals surface area contributed by atoms with Crippen molar-refractivity contribution in [2.75, 3.05) is 4.90 Å². The van der Waals surface area contributed by atoms with Gasteiger partial charge in [-0.1, -0.05) is 152 Å². The predicted molar refractivity (Wildman–Crippen MR) is 220 cm³/mol. The van der Waals surface area contributed by atoms with Gasteiger partial charge in [0.25, 0.3) is 0 Å². The summed E-state index contributed by atoms with van der Waals surface area (Å²) in [6.07, 6.45) is 0. The largest absolute Gasteiger partial charge is 0.306 e. The van der Waals surface area contributed by atoms with Crippen molar-refractivity contribution in [3.63, 3.8) is 0 Å². The van der Waals surface area contributed by atoms with E-state index in [1.807, 2.05) is 0 Å². The summed E-state index contributed by atoms with van der Waals surface area (Å²) in [6.45, 7) is 0. The third kappa shape index (κ3) is 3.23. The first-order chi connectivity index (χ1) is 26.3. The van der Waals surface area contributed by atoms with E-state index in [-0.39, 0.29) is 0 Å². The Balaban J connectivity index is 1.25. The molecule has 0 unspecified atom stereocenters. The fourth-order valence-electron chi connectivity index (χ4n) is 10.5. The first-order valence-electron chi connectivity index (χ1n) is 18.5. The van der Waals surface area contributed by atoms with Crippen LogP contribution in [-0.4, -0.2) is 4.57 Å². The third-order valence-electron chi connectivity index (χ3n) is 12.4. The number of aromatic nitrogens is 1. The van der Waals surface area contributed by atoms with E-state index in [1.165, 1.54) is 105 Å². The number of para-hydroxylation sites is 1. The van der Waals surface area contributed by atoms with Crippen molar-refractivity contribution in [3.05, 3.63) is 204 Å². The minimum absolute atomic E-state index is 0.430. The van der Waals surface area contributed by atoms with Gasteiger partial charge in [0.05, 0.1) is 33.5 Å². The van der Waals surface area contributed by atoms with Crippen molar-refractivity contribution in [3.8, 4) is 27.9 Å². The fourth-order valence-corrected chi connectivity index (χ4v) is 10.5. The molecule has 1 spiro atoms. The Kier molecular flexibility index (Phi) is 5.08. The van der Waals surface area contributed by atoms with Gasteiger partial charge in [0.15, 0.2) is 0 Å². The summed E-state index contributed by atoms with van der Waals surface area (Å²) in [6, 6.07) is 68.3. The van der Waals surface area contributed by atoms with E-state index in [0.717, 1.165) is 5.69 Å². The molecule has 0 atom stereocenters. The second kappa shape index (κ2) is 9.70. The molecule has 2 nitrogen and oxygen atoms in total. The molecule has 0 fully saturated rings. The first-order valence-corrected chi connectivity index (χ1v) is 18.5. The lowest BCUT2D eigenvalue weighted by Crippen LogP contribution is -2.26. The maximum Gasteiger partial charge on any atom is 0.0789 e. The van der Waals surface area contributed by atoms with E-state index >= 15 is 0 Å². The van der Waals surface area contributed by atoms with E-state index in [2.05, 4.69) is 191 Å². The molecule has 0 saturated heterocycles. The van der Waals surface area contributed by atoms with Gasteiger partial charge in [-0.05, 0) is 90.8 Å². The zero-order valence-corrected chi connectivity index (χ0v) is 28.7. The molecule has 2 aliphatic carbocycles. The van der Waals surface area contributed by atoms with Gasteiger partial charge in [-0.25, -0.2) is 0 Å². The Morgan fingerprint density at radius 1 is 0.396 bits per heavy atom. The van der Waals surface area contributed by atoms with Gasteiger partial charge in [-0.2, -0.15) is 0 Å². The van der Waals surface area contributed by atoms with Gasteiger partial charge in [-0.3, -0.25) is 0 Å². The van der Waals surface area contributed by atoms with Gasteiger partial charge in [0.2, 0.25) is 0 Å². The number of benzene rings is 9. The van der Waals surface area contributed by atoms with Gasteiger partial charge >= 0.3 is 0 Å². The molecular formula is C51H30N2. The molecule has 2 heteroatoms. The number of hydrogen-bond donors (Lipinski definition) is 0. The van der Waals surface area contributed by atoms with Crippen molar-refractivity contribution in [1.82, 2.24) is 4.57 Å². The molecule has 0 radical (unpaired) electrons. The molecule has 244 valence electrons. The summed E-state index contributed by atoms with van der Waals surface area (Å²) in [5, 5.41) is 7.60. The van der Waals surface area contributed by atoms with Gasteiger partial charge in [0, 0.05) is 22.0 Å². The van der Waals surface area contributed by atoms with E-state index < -0.39 is 5.41 Å². The Labute approximate surface area is 306 Å². The van der Waals surface area contributed by atoms with Crippen LogP contribution in [0.2, 0.25) is 0 Å². The maximum atomic E-state index is 2.59. The van der Waals surface area contributed by atoms with Gasteiger partial charge < -0.3 is 9.47 Å². The van der Waals surface area contributed by atoms with Gasteiger partial charge in [-0.15, -0.1) is 0 Å². The van der Waals surface area contributed by atoms with Crippen LogP contribution in [0, 0.1) is 0 Å². The van der Waals surface area contributed by atoms with E-state index in [1.54, 1.807) is 0 Å². The second-order valence-corrected chi connectivity index (χ2v) is 14.8. The lowest BCUT2D eigenvalue weighted by atomic mass is 9.70. The van der Waals surface area contributed by atoms with Crippen LogP contribution >= 0.6 is 0 Å². The molecule has 10 aromatic rings. The van der Waals surface area contributed by atoms with Crippen molar-refractivity contribution in [1.29, 1.82) is 0 Å². The minimum Gasteiger partial charge on any atom is -0.306 e. The van der Waals surface area contributed by atoms with Crippen LogP contribution in [0.15, 0.2) is 182 Å². The molecule has 9 aromatic carbocycles. The molecular weight excluding hydrogens is 641 g/mol. The highest BCUT2D eigenvalue weighted by molar-refractivity contribution is 6.27. The summed E-state index contributed by atoms with van der Waals surface area (Å²) in [4.78, 5) is 2.59. The zero-order valence-electron chi connectivity index (χ0n) is 28.7. The van der Waals surface area contributed by atoms with Crippen LogP contribution in [0.3, 0.4) is 0 Å². The molecule has 1 aliphatic heterocycles. The highest BCUT2D eigenvalue weighted by Gasteiger charge is 2.53. The Hall–Kier alpha value is -6.90. The van der Waals surface area contributed by atoms with E-state index in [0.29, 0.717) is 0 Å². The summed E-state index contributed by atoms with van der Waals surface area (Å²) in [7, 11) is 0. The average Bonchev–Trinajstić information content (AvgIpc) is 3.84. The zero-order chi connectivity index (χ0) is 34.4. The molecule has 3 aliphatic rings. The first kappa shape index (κ1) is 27.8. The molecule has 0 amide bonds. The highest BCUT2D eigenvalue weighted by Crippen LogP contribution is 2.66. The van der Waals surface area contributed by atoms with Crippen LogP contribution in [0.25, 0.3) is 71.3 Å². The van der Waals surface area contributed by atoms with Crippen molar-refractivity contribution < 1.29 is 0 Å². The predicted octanol–water partition coefficient (Wildman–Crippen LogP) is 13.2. The quantitative estimate of drug-likeness (QED) is 0.169. The van der Waals surface area contributed by atoms with Gasteiger partial charge in [0.1, 0.15) is 0 Å². The highest BCUT2D eigenvalue weighted by atomic mass is 15.2. The topological polar surface area (TPSA) is 8.17 Å². The normalized spacial score (nSPS) is 14.2. The number of fused-ring (bicyclic) bond motifs is 19. The monoisotopic (exact) mass is 670 g/mol. The standard InChI is InChI=1S/C51H30N2/c1-2-14-32-29-34(26-25-31(32)13-1)52-46-30-33-15-3-4-16-35(33)47-39-20-8-12-24-44(39)53(50(46)47)45-28-27-43-48(49(45)52)38-19-7-11-23-42(38)51(43)40-21-9-5-17-36(40)37-18-6-10-22-41(37)51/h1-30H. The molecule has 0 N–H and O–H groups in total. The molecule has 1 aromatic heterocycles. The van der Waals surface area contributed by atoms with Crippen LogP contribution in [0.4, 0.5) is 17.1 Å². The SMILES string of the molecule is c1ccc2c(c1)-c1ccccc1C21c2ccccc2-c2c1ccc1c2N(c2ccc3ccccc3c2)c2cc3ccccc3c3c4ccccc4n-1c23. The Morgan fingerprint density at radius 2 is 1.00 bits per heavy atom. The second-order valence-electron chi connectivity index (χ2n) is 14.8. The molecule has 13 rings (SSSR count). The van der Waals surface area contributed by atoms with Crippen molar-refractivity contribution in [2.45, 2.75) is 5.41 Å². The Morgan fingerprint density at radius 3 is 1.77 bits per heavy atom. The summed E-state index contributed by atoms with van der Waals surface area (Å²) in [5.41, 5.74) is 17.5. The summed E-state index contributed by atoms with van der Waals surface area (Å²) in [5.74, 6) is 0. The summed E-state index contributed by atoms with van der Waals surface area (Å²) < 4.78 is 2.56. The number of hydrogen-bond acceptors (Lipinski definition) is 1. The van der Waals surface area contributed by atoms with Crippen molar-refractivity contribution >= 4 is 60.4 Å². The minimum atomic E-state index is -0.430. The maximum absolute atomic E-state index is 2.59. The van der Waals surface area contributed by atoms with Crippen molar-refractivity contribution in [2.24, 2.45) is 0 Å². The molecule has 0 bridgehead atoms. The van der Waals surface area contributed by atoms with Crippen LogP contribution < -0.4 is 4.90 Å². The number of rotatable bonds is 1. The Bertz CT molecular complexity index is 3210. The number of nitrogens with zero attached hydrogens (tertiary/aromatic N) is 2. The molecule has 53 heavy (non-hydrogen) atoms. The summed E-state index contributed by atoms with van der Waals surface area (Å²) >= 11 is 0. The fraction of sp³-hybridized carbons (Fsp3) is 0.0196. The number of anilines is 3. The van der Waals surface area contributed by atoms with Crippen LogP contribution in [-0.2, 0) is 5.41 Å². The smallest absolute Gasteiger partial charge is 0.0789 e. The van der Waals surface area contributed by atoms with Crippen LogP contribution in [0.5, 0.6) is 0 Å².